The number of halogens is 1. The molecule has 2 atom stereocenters. The number of aromatic nitrogens is 2. The predicted octanol–water partition coefficient (Wildman–Crippen LogP) is 4.69. The van der Waals surface area contributed by atoms with Crippen LogP contribution in [0.2, 0.25) is 0 Å². The highest BCUT2D eigenvalue weighted by molar-refractivity contribution is 5.97. The Morgan fingerprint density at radius 3 is 2.47 bits per heavy atom. The van der Waals surface area contributed by atoms with Crippen LogP contribution in [0.5, 0.6) is 5.88 Å². The maximum atomic E-state index is 14.9. The van der Waals surface area contributed by atoms with Crippen LogP contribution in [-0.4, -0.2) is 46.6 Å². The summed E-state index contributed by atoms with van der Waals surface area (Å²) in [6.45, 7) is 6.73. The van der Waals surface area contributed by atoms with E-state index in [-0.39, 0.29) is 46.5 Å². The Bertz CT molecular complexity index is 1170. The first-order valence-electron chi connectivity index (χ1n) is 11.7. The van der Waals surface area contributed by atoms with Crippen LogP contribution in [0, 0.1) is 17.1 Å². The Labute approximate surface area is 209 Å². The highest BCUT2D eigenvalue weighted by Crippen LogP contribution is 2.28. The lowest BCUT2D eigenvalue weighted by Gasteiger charge is -2.33. The lowest BCUT2D eigenvalue weighted by molar-refractivity contribution is 0.0488. The molecule has 0 aliphatic heterocycles. The molecule has 0 unspecified atom stereocenters. The lowest BCUT2D eigenvalue weighted by atomic mass is 9.90. The Balaban J connectivity index is 1.85. The van der Waals surface area contributed by atoms with Gasteiger partial charge >= 0.3 is 6.09 Å². The van der Waals surface area contributed by atoms with Gasteiger partial charge in [-0.2, -0.15) is 5.26 Å². The summed E-state index contributed by atoms with van der Waals surface area (Å²) in [6, 6.07) is 3.95. The molecule has 192 valence electrons. The van der Waals surface area contributed by atoms with E-state index in [1.807, 2.05) is 6.07 Å². The highest BCUT2D eigenvalue weighted by Gasteiger charge is 2.29. The second-order valence-electron chi connectivity index (χ2n) is 9.58. The minimum absolute atomic E-state index is 0.0229. The zero-order valence-electron chi connectivity index (χ0n) is 21.1. The molecule has 0 bridgehead atoms. The van der Waals surface area contributed by atoms with Gasteiger partial charge in [0.2, 0.25) is 5.88 Å². The van der Waals surface area contributed by atoms with Crippen molar-refractivity contribution in [3.05, 3.63) is 35.3 Å². The monoisotopic (exact) mass is 498 g/mol. The quantitative estimate of drug-likeness (QED) is 0.464. The van der Waals surface area contributed by atoms with Gasteiger partial charge in [0.05, 0.1) is 36.2 Å². The number of methoxy groups -OCH3 is 1. The van der Waals surface area contributed by atoms with Crippen molar-refractivity contribution in [3.8, 4) is 11.9 Å². The fraction of sp³-hybridized carbons (Fsp3) is 0.480. The van der Waals surface area contributed by atoms with Crippen LogP contribution in [0.4, 0.5) is 26.5 Å². The molecule has 0 saturated heterocycles. The van der Waals surface area contributed by atoms with Gasteiger partial charge < -0.3 is 25.4 Å². The molecule has 10 nitrogen and oxygen atoms in total. The summed E-state index contributed by atoms with van der Waals surface area (Å²) in [4.78, 5) is 32.7. The maximum absolute atomic E-state index is 14.9. The third-order valence-electron chi connectivity index (χ3n) is 5.57. The molecule has 36 heavy (non-hydrogen) atoms. The average molecular weight is 499 g/mol. The van der Waals surface area contributed by atoms with Crippen molar-refractivity contribution in [1.29, 1.82) is 5.26 Å². The number of nitrogens with zero attached hydrogens (tertiary/aromatic N) is 3. The molecule has 1 saturated carbocycles. The number of hydrogen-bond acceptors (Lipinski definition) is 9. The Hall–Kier alpha value is -3.94. The van der Waals surface area contributed by atoms with Crippen LogP contribution in [0.15, 0.2) is 18.3 Å². The third-order valence-corrected chi connectivity index (χ3v) is 5.57. The van der Waals surface area contributed by atoms with Gasteiger partial charge in [0, 0.05) is 6.04 Å². The van der Waals surface area contributed by atoms with E-state index in [0.29, 0.717) is 18.5 Å². The standard InChI is InChI=1S/C25H31FN6O4/c1-14(33)17-11-16(13-28-23(17)35-5)29-21-15(12-27)10-18(26)22(32-21)30-19-8-6-7-9-20(19)31-24(34)36-25(2,3)4/h10-11,13,19-20H,6-9H2,1-5H3,(H,31,34)(H2,29,30,32)/t19-,20+/m1/s1. The van der Waals surface area contributed by atoms with E-state index < -0.39 is 17.5 Å². The molecule has 3 rings (SSSR count). The number of ether oxygens (including phenoxy) is 2. The normalized spacial score (nSPS) is 17.5. The van der Waals surface area contributed by atoms with Gasteiger partial charge in [-0.15, -0.1) is 0 Å². The summed E-state index contributed by atoms with van der Waals surface area (Å²) in [6.07, 6.45) is 4.09. The molecular formula is C25H31FN6O4. The van der Waals surface area contributed by atoms with E-state index in [2.05, 4.69) is 25.9 Å². The maximum Gasteiger partial charge on any atom is 0.407 e. The van der Waals surface area contributed by atoms with E-state index in [1.165, 1.54) is 26.3 Å². The van der Waals surface area contributed by atoms with Crippen LogP contribution in [0.1, 0.15) is 69.3 Å². The lowest BCUT2D eigenvalue weighted by Crippen LogP contribution is -2.50. The molecule has 3 N–H and O–H groups in total. The summed E-state index contributed by atoms with van der Waals surface area (Å²) >= 11 is 0. The Kier molecular flexibility index (Phi) is 8.29. The number of nitrogens with one attached hydrogen (secondary N) is 3. The van der Waals surface area contributed by atoms with Gasteiger partial charge in [-0.3, -0.25) is 4.79 Å². The average Bonchev–Trinajstić information content (AvgIpc) is 2.80. The molecule has 1 aliphatic carbocycles. The Morgan fingerprint density at radius 2 is 1.86 bits per heavy atom. The first-order valence-corrected chi connectivity index (χ1v) is 11.7. The van der Waals surface area contributed by atoms with E-state index in [9.17, 15) is 19.2 Å². The molecule has 1 amide bonds. The number of Topliss-reactive ketones (excluding diaryl/α,β-unsaturated/α-hetero) is 1. The fourth-order valence-electron chi connectivity index (χ4n) is 3.95. The van der Waals surface area contributed by atoms with Gasteiger partial charge in [-0.25, -0.2) is 19.2 Å². The molecule has 2 heterocycles. The smallest absolute Gasteiger partial charge is 0.407 e. The number of nitriles is 1. The minimum atomic E-state index is -0.698. The SMILES string of the molecule is COc1ncc(Nc2nc(N[C@@H]3CCCC[C@@H]3NC(=O)OC(C)(C)C)c(F)cc2C#N)cc1C(C)=O. The topological polar surface area (TPSA) is 138 Å². The van der Waals surface area contributed by atoms with Crippen molar-refractivity contribution in [1.82, 2.24) is 15.3 Å². The third kappa shape index (κ3) is 6.81. The van der Waals surface area contributed by atoms with Crippen LogP contribution in [0.25, 0.3) is 0 Å². The van der Waals surface area contributed by atoms with E-state index >= 15 is 0 Å². The number of carbonyl (C=O) groups excluding carboxylic acids is 2. The van der Waals surface area contributed by atoms with Gasteiger partial charge in [0.25, 0.3) is 0 Å². The molecule has 2 aromatic heterocycles. The molecule has 1 aliphatic rings. The first-order chi connectivity index (χ1) is 17.0. The summed E-state index contributed by atoms with van der Waals surface area (Å²) in [7, 11) is 1.41. The van der Waals surface area contributed by atoms with Crippen molar-refractivity contribution in [3.63, 3.8) is 0 Å². The van der Waals surface area contributed by atoms with Gasteiger partial charge in [0.1, 0.15) is 11.7 Å². The number of rotatable bonds is 7. The number of carbonyl (C=O) groups is 2. The molecular weight excluding hydrogens is 467 g/mol. The summed E-state index contributed by atoms with van der Waals surface area (Å²) in [5.74, 6) is -0.749. The van der Waals surface area contributed by atoms with Gasteiger partial charge in [0.15, 0.2) is 23.2 Å². The van der Waals surface area contributed by atoms with Crippen LogP contribution >= 0.6 is 0 Å². The second kappa shape index (κ2) is 11.2. The number of hydrogen-bond donors (Lipinski definition) is 3. The highest BCUT2D eigenvalue weighted by atomic mass is 19.1. The largest absolute Gasteiger partial charge is 0.480 e. The number of anilines is 3. The van der Waals surface area contributed by atoms with E-state index in [0.717, 1.165) is 18.9 Å². The van der Waals surface area contributed by atoms with Gasteiger partial charge in [-0.05, 0) is 52.7 Å². The van der Waals surface area contributed by atoms with E-state index in [1.54, 1.807) is 20.8 Å². The Morgan fingerprint density at radius 1 is 1.17 bits per heavy atom. The summed E-state index contributed by atoms with van der Waals surface area (Å²) < 4.78 is 25.4. The molecule has 2 aromatic rings. The van der Waals surface area contributed by atoms with Crippen molar-refractivity contribution >= 4 is 29.2 Å². The van der Waals surface area contributed by atoms with Crippen molar-refractivity contribution in [2.24, 2.45) is 0 Å². The van der Waals surface area contributed by atoms with Crippen LogP contribution < -0.4 is 20.7 Å². The number of amides is 1. The predicted molar refractivity (Wildman–Crippen MR) is 132 cm³/mol. The molecule has 0 spiro atoms. The zero-order chi connectivity index (χ0) is 26.5. The fourth-order valence-corrected chi connectivity index (χ4v) is 3.95. The number of pyridine rings is 2. The first kappa shape index (κ1) is 26.7. The zero-order valence-corrected chi connectivity index (χ0v) is 21.1. The van der Waals surface area contributed by atoms with Gasteiger partial charge in [-0.1, -0.05) is 12.8 Å². The van der Waals surface area contributed by atoms with E-state index in [4.69, 9.17) is 9.47 Å². The van der Waals surface area contributed by atoms with Crippen LogP contribution in [0.3, 0.4) is 0 Å². The molecule has 1 fully saturated rings. The molecule has 0 radical (unpaired) electrons. The molecule has 0 aromatic carbocycles. The second-order valence-corrected chi connectivity index (χ2v) is 9.58. The van der Waals surface area contributed by atoms with Crippen molar-refractivity contribution in [2.75, 3.05) is 17.7 Å². The number of alkyl carbamates (subject to hydrolysis) is 1. The molecule has 11 heteroatoms. The van der Waals surface area contributed by atoms with Crippen molar-refractivity contribution in [2.45, 2.75) is 71.1 Å². The summed E-state index contributed by atoms with van der Waals surface area (Å²) in [5, 5.41) is 18.4. The van der Waals surface area contributed by atoms with Crippen LogP contribution in [-0.2, 0) is 4.74 Å². The van der Waals surface area contributed by atoms with Crippen molar-refractivity contribution < 1.29 is 23.5 Å². The number of ketones is 1. The summed E-state index contributed by atoms with van der Waals surface area (Å²) in [5.41, 5.74) is -0.0311. The minimum Gasteiger partial charge on any atom is -0.480 e.